The van der Waals surface area contributed by atoms with Gasteiger partial charge in [0.15, 0.2) is 11.2 Å². The third kappa shape index (κ3) is 6.92. The van der Waals surface area contributed by atoms with E-state index in [4.69, 9.17) is 14.4 Å². The summed E-state index contributed by atoms with van der Waals surface area (Å²) in [6.07, 6.45) is 19.8. The summed E-state index contributed by atoms with van der Waals surface area (Å²) in [5, 5.41) is 11.1. The molecule has 0 spiro atoms. The lowest BCUT2D eigenvalue weighted by Crippen LogP contribution is -2.41. The van der Waals surface area contributed by atoms with Crippen LogP contribution in [0.4, 0.5) is 0 Å². The van der Waals surface area contributed by atoms with Gasteiger partial charge in [-0.1, -0.05) is 70.7 Å². The molecule has 1 atom stereocenters. The van der Waals surface area contributed by atoms with Crippen molar-refractivity contribution in [1.82, 2.24) is 4.90 Å². The first kappa shape index (κ1) is 29.5. The molecule has 0 N–H and O–H groups in total. The second kappa shape index (κ2) is 14.7. The minimum absolute atomic E-state index is 0.0851. The number of likely N-dealkylation sites (tertiary alicyclic amines) is 1. The lowest BCUT2D eigenvalue weighted by atomic mass is 9.93. The number of allylic oxidation sites excluding steroid dienone is 6. The van der Waals surface area contributed by atoms with Crippen LogP contribution in [-0.2, 0) is 9.53 Å². The van der Waals surface area contributed by atoms with Crippen LogP contribution in [0.5, 0.6) is 0 Å². The molecule has 1 amide bonds. The first-order chi connectivity index (χ1) is 18.0. The molecule has 1 fully saturated rings. The Kier molecular flexibility index (Phi) is 11.7. The van der Waals surface area contributed by atoms with Crippen LogP contribution in [0.25, 0.3) is 23.5 Å². The quantitative estimate of drug-likeness (QED) is 0.435. The topological polar surface area (TPSA) is 66.5 Å². The molecule has 2 heterocycles. The predicted octanol–water partition coefficient (Wildman–Crippen LogP) is 4.15. The van der Waals surface area contributed by atoms with E-state index in [1.807, 2.05) is 44.7 Å². The molecule has 1 aromatic heterocycles. The Labute approximate surface area is 221 Å². The van der Waals surface area contributed by atoms with Crippen molar-refractivity contribution in [3.8, 4) is 6.07 Å². The van der Waals surface area contributed by atoms with E-state index in [0.717, 1.165) is 39.7 Å². The van der Waals surface area contributed by atoms with E-state index in [-0.39, 0.29) is 11.8 Å². The summed E-state index contributed by atoms with van der Waals surface area (Å²) in [4.78, 5) is 14.8. The van der Waals surface area contributed by atoms with Crippen molar-refractivity contribution in [2.75, 3.05) is 20.2 Å². The lowest BCUT2D eigenvalue weighted by molar-refractivity contribution is -0.127. The third-order valence-corrected chi connectivity index (χ3v) is 6.25. The average molecular weight is 501 g/mol. The van der Waals surface area contributed by atoms with Gasteiger partial charge in [-0.25, -0.2) is 0 Å². The van der Waals surface area contributed by atoms with Gasteiger partial charge in [-0.2, -0.15) is 5.26 Å². The fraction of sp³-hybridized carbons (Fsp3) is 0.375. The number of carbonyl (C=O) groups is 1. The van der Waals surface area contributed by atoms with Gasteiger partial charge in [0.25, 0.3) is 0 Å². The van der Waals surface area contributed by atoms with Crippen LogP contribution in [0.1, 0.15) is 53.9 Å². The zero-order chi connectivity index (χ0) is 27.4. The van der Waals surface area contributed by atoms with Gasteiger partial charge in [-0.3, -0.25) is 4.79 Å². The van der Waals surface area contributed by atoms with E-state index in [1.165, 1.54) is 5.57 Å². The van der Waals surface area contributed by atoms with Crippen molar-refractivity contribution >= 4 is 29.4 Å². The van der Waals surface area contributed by atoms with Crippen molar-refractivity contribution in [1.29, 1.82) is 5.26 Å². The Hall–Kier alpha value is -3.78. The van der Waals surface area contributed by atoms with Gasteiger partial charge in [-0.15, -0.1) is 0 Å². The minimum atomic E-state index is 0.0851. The maximum atomic E-state index is 13.0. The second-order valence-electron chi connectivity index (χ2n) is 8.40. The lowest BCUT2D eigenvalue weighted by Gasteiger charge is -2.18. The van der Waals surface area contributed by atoms with Crippen molar-refractivity contribution in [2.24, 2.45) is 5.92 Å². The normalized spacial score (nSPS) is 18.5. The van der Waals surface area contributed by atoms with Gasteiger partial charge < -0.3 is 14.1 Å². The van der Waals surface area contributed by atoms with Crippen molar-refractivity contribution in [3.63, 3.8) is 0 Å². The standard InChI is InChI=1S/C28H28N2O3.2C2H6/c1-4-20(14-13-19(2)16-29)17-30-18-21(15-26(30)31)22-10-8-12-25(32-3)28-27(22)23-9-6-5-7-11-24(23)33-28;2*1-2/h4-6,8-9,11-14,21H,1,7,10,15,17-18H2,2-3H3;2*1-2H3/b19-13+,20-14+;;. The number of nitriles is 1. The van der Waals surface area contributed by atoms with E-state index >= 15 is 0 Å². The summed E-state index contributed by atoms with van der Waals surface area (Å²) in [7, 11) is 1.65. The van der Waals surface area contributed by atoms with Gasteiger partial charge >= 0.3 is 0 Å². The number of carbonyl (C=O) groups excluding carboxylic acids is 1. The number of rotatable bonds is 6. The van der Waals surface area contributed by atoms with Crippen LogP contribution in [-0.4, -0.2) is 31.0 Å². The highest BCUT2D eigenvalue weighted by Gasteiger charge is 2.33. The van der Waals surface area contributed by atoms with Gasteiger partial charge in [-0.05, 0) is 49.1 Å². The second-order valence-corrected chi connectivity index (χ2v) is 8.40. The first-order valence-corrected chi connectivity index (χ1v) is 13.2. The van der Waals surface area contributed by atoms with E-state index in [0.29, 0.717) is 30.8 Å². The van der Waals surface area contributed by atoms with Crippen LogP contribution in [0.2, 0.25) is 0 Å². The van der Waals surface area contributed by atoms with E-state index in [9.17, 15) is 4.79 Å². The molecule has 0 aromatic carbocycles. The monoisotopic (exact) mass is 500 g/mol. The third-order valence-electron chi connectivity index (χ3n) is 6.25. The molecular formula is C32H40N2O3. The van der Waals surface area contributed by atoms with Gasteiger partial charge in [0.1, 0.15) is 5.42 Å². The molecule has 2 aliphatic carbocycles. The van der Waals surface area contributed by atoms with Crippen molar-refractivity contribution in [2.45, 2.75) is 53.9 Å². The van der Waals surface area contributed by atoms with Crippen LogP contribution in [0, 0.1) is 17.2 Å². The molecule has 196 valence electrons. The number of fused-ring (bicyclic) bond motifs is 3. The largest absolute Gasteiger partial charge is 0.493 e. The van der Waals surface area contributed by atoms with Crippen LogP contribution in [0.15, 0.2) is 64.7 Å². The van der Waals surface area contributed by atoms with Gasteiger partial charge in [0.05, 0.1) is 13.2 Å². The van der Waals surface area contributed by atoms with Gasteiger partial charge in [0, 0.05) is 41.4 Å². The zero-order valence-electron chi connectivity index (χ0n) is 23.1. The summed E-state index contributed by atoms with van der Waals surface area (Å²) in [6, 6.07) is 2.11. The zero-order valence-corrected chi connectivity index (χ0v) is 23.1. The highest BCUT2D eigenvalue weighted by molar-refractivity contribution is 5.82. The number of nitrogens with zero attached hydrogens (tertiary/aromatic N) is 2. The van der Waals surface area contributed by atoms with E-state index in [2.05, 4.69) is 43.0 Å². The molecule has 1 aliphatic heterocycles. The summed E-state index contributed by atoms with van der Waals surface area (Å²) in [5.41, 5.74) is 4.32. The smallest absolute Gasteiger partial charge is 0.223 e. The fourth-order valence-corrected chi connectivity index (χ4v) is 4.52. The molecule has 37 heavy (non-hydrogen) atoms. The van der Waals surface area contributed by atoms with Crippen LogP contribution < -0.4 is 21.3 Å². The fourth-order valence-electron chi connectivity index (χ4n) is 4.52. The van der Waals surface area contributed by atoms with Crippen molar-refractivity contribution in [3.05, 3.63) is 81.5 Å². The van der Waals surface area contributed by atoms with E-state index in [1.54, 1.807) is 26.2 Å². The molecule has 1 aromatic rings. The summed E-state index contributed by atoms with van der Waals surface area (Å²) >= 11 is 0. The molecule has 3 aliphatic rings. The maximum absolute atomic E-state index is 13.0. The molecule has 0 bridgehead atoms. The Bertz CT molecular complexity index is 1390. The first-order valence-electron chi connectivity index (χ1n) is 13.2. The van der Waals surface area contributed by atoms with E-state index < -0.39 is 0 Å². The number of hydrogen-bond acceptors (Lipinski definition) is 4. The summed E-state index contributed by atoms with van der Waals surface area (Å²) in [6.45, 7) is 14.7. The Balaban J connectivity index is 0.00000115. The molecule has 5 heteroatoms. The molecule has 1 unspecified atom stereocenters. The Morgan fingerprint density at radius 3 is 2.70 bits per heavy atom. The molecule has 1 saturated heterocycles. The summed E-state index contributed by atoms with van der Waals surface area (Å²) < 4.78 is 11.9. The molecule has 0 radical (unpaired) electrons. The average Bonchev–Trinajstić information content (AvgIpc) is 3.30. The van der Waals surface area contributed by atoms with Crippen LogP contribution >= 0.6 is 0 Å². The van der Waals surface area contributed by atoms with Gasteiger partial charge in [0.2, 0.25) is 5.91 Å². The Morgan fingerprint density at radius 2 is 2.03 bits per heavy atom. The predicted molar refractivity (Wildman–Crippen MR) is 153 cm³/mol. The number of methoxy groups -OCH3 is 1. The molecule has 5 nitrogen and oxygen atoms in total. The molecule has 4 rings (SSSR count). The SMILES string of the molecule is C=C/C(=C\C=C(/C)C#N)CN1CC(C2=c3c(oc4c3=CC=CCC=4)=C(OC)C=CC2)CC1=O.CC.CC. The highest BCUT2D eigenvalue weighted by Crippen LogP contribution is 2.28. The Morgan fingerprint density at radius 1 is 1.27 bits per heavy atom. The van der Waals surface area contributed by atoms with Crippen LogP contribution in [0.3, 0.4) is 0 Å². The molecule has 0 saturated carbocycles. The number of amides is 1. The number of hydrogen-bond donors (Lipinski definition) is 0. The number of furan rings is 1. The molecular weight excluding hydrogens is 460 g/mol. The van der Waals surface area contributed by atoms with Crippen molar-refractivity contribution < 1.29 is 13.9 Å². The number of ether oxygens (including phenoxy) is 1. The highest BCUT2D eigenvalue weighted by atomic mass is 16.5. The maximum Gasteiger partial charge on any atom is 0.223 e. The summed E-state index contributed by atoms with van der Waals surface area (Å²) in [5.74, 6) is 0.912. The minimum Gasteiger partial charge on any atom is -0.493 e.